The quantitative estimate of drug-likeness (QED) is 0.723. The molecule has 0 saturated heterocycles. The zero-order chi connectivity index (χ0) is 12.3. The van der Waals surface area contributed by atoms with E-state index in [1.807, 2.05) is 66.5 Å². The highest BCUT2D eigenvalue weighted by Crippen LogP contribution is 2.26. The van der Waals surface area contributed by atoms with Gasteiger partial charge in [-0.2, -0.15) is 0 Å². The molecule has 1 aromatic heterocycles. The summed E-state index contributed by atoms with van der Waals surface area (Å²) in [5, 5.41) is 1.32. The second kappa shape index (κ2) is 5.35. The maximum Gasteiger partial charge on any atom is 0.169 e. The molecule has 0 atom stereocenters. The van der Waals surface area contributed by atoms with Crippen LogP contribution in [-0.2, 0) is 7.05 Å². The van der Waals surface area contributed by atoms with Crippen molar-refractivity contribution in [3.63, 3.8) is 0 Å². The first-order valence-corrected chi connectivity index (χ1v) is 6.00. The standard InChI is InChI=1S/C14H12Cl2N/c1-17-9-7-11(8-10-17)5-6-12-13(15)3-2-4-14(12)16/h2-10H,1H3/q+1/b6-5+. The van der Waals surface area contributed by atoms with Crippen molar-refractivity contribution in [2.45, 2.75) is 0 Å². The molecule has 0 saturated carbocycles. The van der Waals surface area contributed by atoms with E-state index in [2.05, 4.69) is 0 Å². The predicted octanol–water partition coefficient (Wildman–Crippen LogP) is 3.99. The van der Waals surface area contributed by atoms with Crippen LogP contribution in [-0.4, -0.2) is 0 Å². The van der Waals surface area contributed by atoms with Crippen LogP contribution in [0.25, 0.3) is 12.2 Å². The van der Waals surface area contributed by atoms with Gasteiger partial charge in [-0.3, -0.25) is 0 Å². The first-order valence-electron chi connectivity index (χ1n) is 5.24. The number of rotatable bonds is 2. The Kier molecular flexibility index (Phi) is 3.82. The third-order valence-corrected chi connectivity index (χ3v) is 3.11. The number of hydrogen-bond donors (Lipinski definition) is 0. The lowest BCUT2D eigenvalue weighted by Gasteiger charge is -2.00. The number of halogens is 2. The van der Waals surface area contributed by atoms with Gasteiger partial charge in [0.1, 0.15) is 7.05 Å². The lowest BCUT2D eigenvalue weighted by molar-refractivity contribution is -0.671. The van der Waals surface area contributed by atoms with Crippen LogP contribution >= 0.6 is 23.2 Å². The number of pyridine rings is 1. The molecule has 0 amide bonds. The van der Waals surface area contributed by atoms with Crippen LogP contribution in [0.3, 0.4) is 0 Å². The molecule has 0 aliphatic carbocycles. The molecular formula is C14H12Cl2N+. The molecule has 2 aromatic rings. The van der Waals surface area contributed by atoms with Gasteiger partial charge in [0.25, 0.3) is 0 Å². The molecule has 3 heteroatoms. The lowest BCUT2D eigenvalue weighted by Crippen LogP contribution is -2.25. The van der Waals surface area contributed by atoms with Gasteiger partial charge in [-0.05, 0) is 17.7 Å². The largest absolute Gasteiger partial charge is 0.208 e. The van der Waals surface area contributed by atoms with Gasteiger partial charge in [0.15, 0.2) is 12.4 Å². The Morgan fingerprint density at radius 1 is 0.941 bits per heavy atom. The summed E-state index contributed by atoms with van der Waals surface area (Å²) >= 11 is 12.2. The van der Waals surface area contributed by atoms with Crippen molar-refractivity contribution >= 4 is 35.4 Å². The third-order valence-electron chi connectivity index (χ3n) is 2.45. The molecule has 0 radical (unpaired) electrons. The molecule has 0 aliphatic rings. The molecule has 0 N–H and O–H groups in total. The van der Waals surface area contributed by atoms with E-state index in [9.17, 15) is 0 Å². The van der Waals surface area contributed by atoms with Crippen molar-refractivity contribution < 1.29 is 4.57 Å². The third kappa shape index (κ3) is 3.09. The Morgan fingerprint density at radius 3 is 2.12 bits per heavy atom. The zero-order valence-corrected chi connectivity index (χ0v) is 10.9. The maximum absolute atomic E-state index is 6.08. The number of aromatic nitrogens is 1. The minimum Gasteiger partial charge on any atom is -0.208 e. The summed E-state index contributed by atoms with van der Waals surface area (Å²) in [6, 6.07) is 9.56. The van der Waals surface area contributed by atoms with Crippen molar-refractivity contribution in [1.29, 1.82) is 0 Å². The summed E-state index contributed by atoms with van der Waals surface area (Å²) < 4.78 is 1.99. The fourth-order valence-electron chi connectivity index (χ4n) is 1.47. The van der Waals surface area contributed by atoms with Crippen LogP contribution in [0.2, 0.25) is 10.0 Å². The molecule has 0 bridgehead atoms. The van der Waals surface area contributed by atoms with E-state index < -0.39 is 0 Å². The average molecular weight is 265 g/mol. The van der Waals surface area contributed by atoms with Crippen LogP contribution in [0, 0.1) is 0 Å². The molecule has 0 aliphatic heterocycles. The Labute approximate surface area is 111 Å². The summed E-state index contributed by atoms with van der Waals surface area (Å²) in [7, 11) is 1.98. The van der Waals surface area contributed by atoms with Gasteiger partial charge in [-0.15, -0.1) is 0 Å². The number of hydrogen-bond acceptors (Lipinski definition) is 0. The molecule has 0 fully saturated rings. The Bertz CT molecular complexity index is 524. The lowest BCUT2D eigenvalue weighted by atomic mass is 10.1. The Morgan fingerprint density at radius 2 is 1.53 bits per heavy atom. The first kappa shape index (κ1) is 12.2. The second-order valence-corrected chi connectivity index (χ2v) is 4.58. The smallest absolute Gasteiger partial charge is 0.169 e. The van der Waals surface area contributed by atoms with E-state index in [1.165, 1.54) is 0 Å². The summed E-state index contributed by atoms with van der Waals surface area (Å²) in [6.07, 6.45) is 7.91. The van der Waals surface area contributed by atoms with Crippen LogP contribution < -0.4 is 4.57 Å². The minimum atomic E-state index is 0.662. The normalized spacial score (nSPS) is 11.0. The molecule has 1 heterocycles. The number of nitrogens with zero attached hydrogens (tertiary/aromatic N) is 1. The molecule has 1 aromatic carbocycles. The molecule has 86 valence electrons. The van der Waals surface area contributed by atoms with Crippen molar-refractivity contribution in [3.05, 3.63) is 63.9 Å². The van der Waals surface area contributed by atoms with E-state index in [-0.39, 0.29) is 0 Å². The fraction of sp³-hybridized carbons (Fsp3) is 0.0714. The van der Waals surface area contributed by atoms with Gasteiger partial charge in [0, 0.05) is 27.7 Å². The van der Waals surface area contributed by atoms with Gasteiger partial charge in [0.2, 0.25) is 0 Å². The number of benzene rings is 1. The van der Waals surface area contributed by atoms with E-state index >= 15 is 0 Å². The van der Waals surface area contributed by atoms with Gasteiger partial charge < -0.3 is 0 Å². The Hall–Kier alpha value is -1.31. The topological polar surface area (TPSA) is 3.88 Å². The van der Waals surface area contributed by atoms with E-state index in [1.54, 1.807) is 0 Å². The van der Waals surface area contributed by atoms with E-state index in [4.69, 9.17) is 23.2 Å². The van der Waals surface area contributed by atoms with Crippen LogP contribution in [0.1, 0.15) is 11.1 Å². The van der Waals surface area contributed by atoms with Gasteiger partial charge in [0.05, 0.1) is 0 Å². The van der Waals surface area contributed by atoms with E-state index in [0.717, 1.165) is 11.1 Å². The molecule has 17 heavy (non-hydrogen) atoms. The van der Waals surface area contributed by atoms with Crippen molar-refractivity contribution in [1.82, 2.24) is 0 Å². The zero-order valence-electron chi connectivity index (χ0n) is 9.40. The fourth-order valence-corrected chi connectivity index (χ4v) is 2.00. The molecule has 2 rings (SSSR count). The maximum atomic E-state index is 6.08. The molecule has 0 spiro atoms. The van der Waals surface area contributed by atoms with E-state index in [0.29, 0.717) is 10.0 Å². The van der Waals surface area contributed by atoms with Gasteiger partial charge in [-0.1, -0.05) is 41.4 Å². The monoisotopic (exact) mass is 264 g/mol. The van der Waals surface area contributed by atoms with Crippen molar-refractivity contribution in [2.75, 3.05) is 0 Å². The van der Waals surface area contributed by atoms with Crippen molar-refractivity contribution in [2.24, 2.45) is 7.05 Å². The van der Waals surface area contributed by atoms with Crippen LogP contribution in [0.4, 0.5) is 0 Å². The van der Waals surface area contributed by atoms with Gasteiger partial charge >= 0.3 is 0 Å². The van der Waals surface area contributed by atoms with Crippen LogP contribution in [0.5, 0.6) is 0 Å². The summed E-state index contributed by atoms with van der Waals surface area (Å²) in [5.74, 6) is 0. The highest BCUT2D eigenvalue weighted by atomic mass is 35.5. The minimum absolute atomic E-state index is 0.662. The summed E-state index contributed by atoms with van der Waals surface area (Å²) in [5.41, 5.74) is 1.96. The number of aryl methyl sites for hydroxylation is 1. The predicted molar refractivity (Wildman–Crippen MR) is 73.0 cm³/mol. The average Bonchev–Trinajstić information content (AvgIpc) is 2.31. The Balaban J connectivity index is 2.29. The van der Waals surface area contributed by atoms with Crippen LogP contribution in [0.15, 0.2) is 42.7 Å². The summed E-state index contributed by atoms with van der Waals surface area (Å²) in [6.45, 7) is 0. The highest BCUT2D eigenvalue weighted by molar-refractivity contribution is 6.37. The summed E-state index contributed by atoms with van der Waals surface area (Å²) in [4.78, 5) is 0. The molecular weight excluding hydrogens is 253 g/mol. The highest BCUT2D eigenvalue weighted by Gasteiger charge is 2.01. The second-order valence-electron chi connectivity index (χ2n) is 3.77. The van der Waals surface area contributed by atoms with Gasteiger partial charge in [-0.25, -0.2) is 4.57 Å². The molecule has 0 unspecified atom stereocenters. The molecule has 1 nitrogen and oxygen atoms in total. The van der Waals surface area contributed by atoms with Crippen molar-refractivity contribution in [3.8, 4) is 0 Å². The SMILES string of the molecule is C[n+]1ccc(/C=C/c2c(Cl)cccc2Cl)cc1. The first-order chi connectivity index (χ1) is 8.16.